The molecule has 0 aliphatic heterocycles. The number of imidazole rings is 1. The van der Waals surface area contributed by atoms with Crippen molar-refractivity contribution in [3.05, 3.63) is 30.6 Å². The summed E-state index contributed by atoms with van der Waals surface area (Å²) in [6.07, 6.45) is 2.83. The zero-order chi connectivity index (χ0) is 12.3. The molecule has 4 heteroatoms. The highest BCUT2D eigenvalue weighted by Crippen LogP contribution is 2.26. The van der Waals surface area contributed by atoms with Crippen molar-refractivity contribution in [3.8, 4) is 17.0 Å². The molecule has 0 saturated carbocycles. The van der Waals surface area contributed by atoms with E-state index in [1.807, 2.05) is 28.8 Å². The van der Waals surface area contributed by atoms with Crippen molar-refractivity contribution in [2.45, 2.75) is 19.9 Å². The van der Waals surface area contributed by atoms with E-state index in [2.05, 4.69) is 11.9 Å². The predicted octanol–water partition coefficient (Wildman–Crippen LogP) is 2.55. The second-order valence-corrected chi connectivity index (χ2v) is 3.90. The molecule has 0 amide bonds. The molecule has 0 bridgehead atoms. The lowest BCUT2D eigenvalue weighted by atomic mass is 10.1. The SMILES string of the molecule is CCCn1cnc(-c2ccc(OC)cc2)c1N. The predicted molar refractivity (Wildman–Crippen MR) is 68.9 cm³/mol. The minimum absolute atomic E-state index is 0.719. The topological polar surface area (TPSA) is 53.1 Å². The van der Waals surface area contributed by atoms with Crippen LogP contribution in [-0.2, 0) is 6.54 Å². The van der Waals surface area contributed by atoms with Gasteiger partial charge in [0.05, 0.1) is 13.4 Å². The van der Waals surface area contributed by atoms with Crippen LogP contribution in [0.1, 0.15) is 13.3 Å². The second-order valence-electron chi connectivity index (χ2n) is 3.90. The number of aromatic nitrogens is 2. The van der Waals surface area contributed by atoms with E-state index >= 15 is 0 Å². The van der Waals surface area contributed by atoms with Crippen LogP contribution in [0.4, 0.5) is 5.82 Å². The Morgan fingerprint density at radius 2 is 2.00 bits per heavy atom. The first-order chi connectivity index (χ1) is 8.26. The molecule has 1 heterocycles. The van der Waals surface area contributed by atoms with E-state index in [0.717, 1.165) is 35.8 Å². The van der Waals surface area contributed by atoms with Gasteiger partial charge in [-0.15, -0.1) is 0 Å². The minimum Gasteiger partial charge on any atom is -0.497 e. The molecule has 2 aromatic rings. The third-order valence-electron chi connectivity index (χ3n) is 2.71. The Balaban J connectivity index is 2.32. The fourth-order valence-corrected chi connectivity index (χ4v) is 1.78. The molecule has 0 spiro atoms. The number of hydrogen-bond acceptors (Lipinski definition) is 3. The molecule has 0 fully saturated rings. The van der Waals surface area contributed by atoms with Crippen LogP contribution in [0.5, 0.6) is 5.75 Å². The Morgan fingerprint density at radius 1 is 1.29 bits per heavy atom. The van der Waals surface area contributed by atoms with Gasteiger partial charge in [0.15, 0.2) is 0 Å². The molecule has 4 nitrogen and oxygen atoms in total. The largest absolute Gasteiger partial charge is 0.497 e. The van der Waals surface area contributed by atoms with E-state index in [-0.39, 0.29) is 0 Å². The normalized spacial score (nSPS) is 10.5. The fraction of sp³-hybridized carbons (Fsp3) is 0.308. The molecular weight excluding hydrogens is 214 g/mol. The Morgan fingerprint density at radius 3 is 2.59 bits per heavy atom. The molecule has 0 unspecified atom stereocenters. The van der Waals surface area contributed by atoms with Gasteiger partial charge in [-0.2, -0.15) is 0 Å². The monoisotopic (exact) mass is 231 g/mol. The van der Waals surface area contributed by atoms with Gasteiger partial charge in [-0.05, 0) is 30.7 Å². The Hall–Kier alpha value is -1.97. The van der Waals surface area contributed by atoms with Crippen LogP contribution >= 0.6 is 0 Å². The van der Waals surface area contributed by atoms with E-state index in [1.165, 1.54) is 0 Å². The quantitative estimate of drug-likeness (QED) is 0.879. The molecule has 0 radical (unpaired) electrons. The molecule has 90 valence electrons. The highest BCUT2D eigenvalue weighted by Gasteiger charge is 2.09. The summed E-state index contributed by atoms with van der Waals surface area (Å²) in [4.78, 5) is 4.36. The van der Waals surface area contributed by atoms with Crippen LogP contribution in [0.25, 0.3) is 11.3 Å². The van der Waals surface area contributed by atoms with Gasteiger partial charge in [-0.1, -0.05) is 6.92 Å². The van der Waals surface area contributed by atoms with Gasteiger partial charge >= 0.3 is 0 Å². The van der Waals surface area contributed by atoms with E-state index in [9.17, 15) is 0 Å². The van der Waals surface area contributed by atoms with Crippen LogP contribution in [0.2, 0.25) is 0 Å². The van der Waals surface area contributed by atoms with Crippen molar-refractivity contribution >= 4 is 5.82 Å². The van der Waals surface area contributed by atoms with Gasteiger partial charge in [0.1, 0.15) is 17.3 Å². The summed E-state index contributed by atoms with van der Waals surface area (Å²) in [7, 11) is 1.65. The smallest absolute Gasteiger partial charge is 0.131 e. The number of benzene rings is 1. The van der Waals surface area contributed by atoms with Crippen LogP contribution in [0.15, 0.2) is 30.6 Å². The summed E-state index contributed by atoms with van der Waals surface area (Å²) in [5.41, 5.74) is 7.91. The maximum Gasteiger partial charge on any atom is 0.131 e. The maximum atomic E-state index is 6.06. The zero-order valence-electron chi connectivity index (χ0n) is 10.2. The first-order valence-corrected chi connectivity index (χ1v) is 5.71. The molecule has 1 aromatic carbocycles. The summed E-state index contributed by atoms with van der Waals surface area (Å²) in [6, 6.07) is 7.75. The van der Waals surface area contributed by atoms with Crippen molar-refractivity contribution in [3.63, 3.8) is 0 Å². The number of anilines is 1. The standard InChI is InChI=1S/C13H17N3O/c1-3-8-16-9-15-12(13(16)14)10-4-6-11(17-2)7-5-10/h4-7,9H,3,8,14H2,1-2H3. The summed E-state index contributed by atoms with van der Waals surface area (Å²) in [5, 5.41) is 0. The molecule has 2 rings (SSSR count). The summed E-state index contributed by atoms with van der Waals surface area (Å²) in [6.45, 7) is 3.02. The Labute approximate surface area is 101 Å². The molecule has 1 aromatic heterocycles. The highest BCUT2D eigenvalue weighted by atomic mass is 16.5. The van der Waals surface area contributed by atoms with Gasteiger partial charge in [0.25, 0.3) is 0 Å². The molecule has 17 heavy (non-hydrogen) atoms. The average Bonchev–Trinajstić information content (AvgIpc) is 2.72. The summed E-state index contributed by atoms with van der Waals surface area (Å²) in [5.74, 6) is 1.55. The lowest BCUT2D eigenvalue weighted by Crippen LogP contribution is -2.01. The Kier molecular flexibility index (Phi) is 3.32. The van der Waals surface area contributed by atoms with Crippen LogP contribution in [0.3, 0.4) is 0 Å². The van der Waals surface area contributed by atoms with E-state index in [1.54, 1.807) is 13.4 Å². The third-order valence-corrected chi connectivity index (χ3v) is 2.71. The van der Waals surface area contributed by atoms with Crippen molar-refractivity contribution in [1.82, 2.24) is 9.55 Å². The zero-order valence-corrected chi connectivity index (χ0v) is 10.2. The number of ether oxygens (including phenoxy) is 1. The number of nitrogen functional groups attached to an aromatic ring is 1. The van der Waals surface area contributed by atoms with Crippen LogP contribution in [-0.4, -0.2) is 16.7 Å². The van der Waals surface area contributed by atoms with Crippen LogP contribution < -0.4 is 10.5 Å². The number of aryl methyl sites for hydroxylation is 1. The van der Waals surface area contributed by atoms with E-state index in [4.69, 9.17) is 10.5 Å². The third kappa shape index (κ3) is 2.25. The molecule has 0 aliphatic rings. The van der Waals surface area contributed by atoms with Gasteiger partial charge in [-0.25, -0.2) is 4.98 Å². The molecule has 0 atom stereocenters. The highest BCUT2D eigenvalue weighted by molar-refractivity contribution is 5.70. The molecule has 0 saturated heterocycles. The number of nitrogens with two attached hydrogens (primary N) is 1. The lowest BCUT2D eigenvalue weighted by Gasteiger charge is -2.04. The van der Waals surface area contributed by atoms with E-state index < -0.39 is 0 Å². The van der Waals surface area contributed by atoms with Crippen LogP contribution in [0, 0.1) is 0 Å². The first kappa shape index (κ1) is 11.5. The summed E-state index contributed by atoms with van der Waals surface area (Å²) >= 11 is 0. The first-order valence-electron chi connectivity index (χ1n) is 5.71. The van der Waals surface area contributed by atoms with E-state index in [0.29, 0.717) is 0 Å². The van der Waals surface area contributed by atoms with Crippen molar-refractivity contribution < 1.29 is 4.74 Å². The molecular formula is C13H17N3O. The van der Waals surface area contributed by atoms with Gasteiger partial charge in [0.2, 0.25) is 0 Å². The van der Waals surface area contributed by atoms with Gasteiger partial charge < -0.3 is 15.0 Å². The number of methoxy groups -OCH3 is 1. The van der Waals surface area contributed by atoms with Crippen molar-refractivity contribution in [2.75, 3.05) is 12.8 Å². The second kappa shape index (κ2) is 4.91. The maximum absolute atomic E-state index is 6.06. The summed E-state index contributed by atoms with van der Waals surface area (Å²) < 4.78 is 7.09. The fourth-order valence-electron chi connectivity index (χ4n) is 1.78. The molecule has 2 N–H and O–H groups in total. The lowest BCUT2D eigenvalue weighted by molar-refractivity contribution is 0.415. The van der Waals surface area contributed by atoms with Gasteiger partial charge in [0, 0.05) is 12.1 Å². The number of nitrogens with zero attached hydrogens (tertiary/aromatic N) is 2. The Bertz CT molecular complexity index is 488. The average molecular weight is 231 g/mol. The van der Waals surface area contributed by atoms with Crippen molar-refractivity contribution in [2.24, 2.45) is 0 Å². The van der Waals surface area contributed by atoms with Gasteiger partial charge in [-0.3, -0.25) is 0 Å². The molecule has 0 aliphatic carbocycles. The van der Waals surface area contributed by atoms with Crippen molar-refractivity contribution in [1.29, 1.82) is 0 Å². The number of hydrogen-bond donors (Lipinski definition) is 1. The minimum atomic E-state index is 0.719. The number of rotatable bonds is 4.